The zero-order chi connectivity index (χ0) is 46.9. The van der Waals surface area contributed by atoms with Crippen LogP contribution in [0.3, 0.4) is 0 Å². The molecule has 65 heavy (non-hydrogen) atoms. The maximum atomic E-state index is 11.3. The Morgan fingerprint density at radius 1 is 0.446 bits per heavy atom. The van der Waals surface area contributed by atoms with E-state index >= 15 is 0 Å². The Balaban J connectivity index is 0.000000280. The Morgan fingerprint density at radius 3 is 1.08 bits per heavy atom. The number of phenols is 4. The minimum Gasteiger partial charge on any atom is -0.744 e. The van der Waals surface area contributed by atoms with Crippen molar-refractivity contribution in [3.63, 3.8) is 0 Å². The van der Waals surface area contributed by atoms with Crippen LogP contribution in [-0.4, -0.2) is 68.5 Å². The second-order valence-electron chi connectivity index (χ2n) is 12.9. The van der Waals surface area contributed by atoms with Gasteiger partial charge in [-0.15, -0.1) is 30.7 Å². The van der Waals surface area contributed by atoms with Crippen LogP contribution >= 0.6 is 0 Å². The summed E-state index contributed by atoms with van der Waals surface area (Å²) < 4.78 is 66.6. The van der Waals surface area contributed by atoms with Crippen LogP contribution in [0.15, 0.2) is 160 Å². The van der Waals surface area contributed by atoms with Gasteiger partial charge in [0.2, 0.25) is 0 Å². The molecule has 6 rings (SSSR count). The molecule has 6 N–H and O–H groups in total. The third-order valence-electron chi connectivity index (χ3n) is 8.45. The topological polar surface area (TPSA) is 369 Å². The molecular weight excluding hydrogens is 933 g/mol. The molecule has 0 aliphatic carbocycles. The molecule has 6 aromatic carbocycles. The van der Waals surface area contributed by atoms with Crippen LogP contribution < -0.4 is 0 Å². The summed E-state index contributed by atoms with van der Waals surface area (Å²) in [7, 11) is -9.26. The zero-order valence-corrected chi connectivity index (χ0v) is 36.1. The number of aromatic carboxylic acids is 2. The minimum atomic E-state index is -4.63. The van der Waals surface area contributed by atoms with E-state index in [0.29, 0.717) is 11.1 Å². The van der Waals surface area contributed by atoms with Crippen LogP contribution in [0.2, 0.25) is 0 Å². The van der Waals surface area contributed by atoms with Gasteiger partial charge in [-0.3, -0.25) is 0 Å². The third-order valence-corrected chi connectivity index (χ3v) is 10.1. The molecule has 0 spiro atoms. The van der Waals surface area contributed by atoms with Gasteiger partial charge in [-0.1, -0.05) is 24.3 Å². The molecule has 0 bridgehead atoms. The summed E-state index contributed by atoms with van der Waals surface area (Å²) in [6.07, 6.45) is 0. The van der Waals surface area contributed by atoms with Gasteiger partial charge in [-0.2, -0.15) is 10.2 Å². The molecule has 334 valence electrons. The number of hydrogen-bond acceptors (Lipinski definition) is 20. The van der Waals surface area contributed by atoms with Crippen molar-refractivity contribution in [2.24, 2.45) is 40.9 Å². The Kier molecular flexibility index (Phi) is 16.2. The van der Waals surface area contributed by atoms with Crippen molar-refractivity contribution in [2.75, 3.05) is 0 Å². The van der Waals surface area contributed by atoms with Crippen LogP contribution in [0.25, 0.3) is 0 Å². The molecule has 6 aromatic rings. The predicted octanol–water partition coefficient (Wildman–Crippen LogP) is 9.68. The molecule has 0 amide bonds. The average molecular weight is 963 g/mol. The van der Waals surface area contributed by atoms with Crippen molar-refractivity contribution in [3.8, 4) is 23.0 Å². The van der Waals surface area contributed by atoms with Gasteiger partial charge in [0.1, 0.15) is 54.5 Å². The standard InChI is InChI=1S/2C20H16N4O7S.Cr/c2*1-11-10-12(32(29,30)31)6-7-14(11)21-24-18-17(25)9-8-16(19(18)26)23-22-15-5-3-2-4-13(15)20(27)28;/h2*2-10,25-26H,1H3,(H,27,28)(H,29,30,31);/p-2. The van der Waals surface area contributed by atoms with Crippen LogP contribution in [0, 0.1) is 13.8 Å². The summed E-state index contributed by atoms with van der Waals surface area (Å²) in [5.74, 6) is -4.38. The van der Waals surface area contributed by atoms with Gasteiger partial charge < -0.3 is 39.7 Å². The molecular formula is C40H30CrN8O14S2-2. The quantitative estimate of drug-likeness (QED) is 0.0491. The maximum Gasteiger partial charge on any atom is 0.337 e. The van der Waals surface area contributed by atoms with E-state index in [1.54, 1.807) is 12.1 Å². The number of aryl methyl sites for hydroxylation is 2. The smallest absolute Gasteiger partial charge is 0.337 e. The zero-order valence-electron chi connectivity index (χ0n) is 33.1. The van der Waals surface area contributed by atoms with Crippen molar-refractivity contribution < 1.29 is 83.5 Å². The van der Waals surface area contributed by atoms with E-state index in [4.69, 9.17) is 0 Å². The van der Waals surface area contributed by atoms with E-state index in [1.165, 1.54) is 86.6 Å². The summed E-state index contributed by atoms with van der Waals surface area (Å²) in [6.45, 7) is 3.01. The number of carboxylic acid groups (broad SMARTS) is 2. The van der Waals surface area contributed by atoms with Gasteiger partial charge in [0, 0.05) is 17.4 Å². The molecule has 0 radical (unpaired) electrons. The summed E-state index contributed by atoms with van der Waals surface area (Å²) >= 11 is 0. The summed E-state index contributed by atoms with van der Waals surface area (Å²) in [6, 6.07) is 23.5. The first-order valence-electron chi connectivity index (χ1n) is 17.7. The Hall–Kier alpha value is -7.79. The second kappa shape index (κ2) is 21.1. The molecule has 0 aliphatic rings. The third kappa shape index (κ3) is 12.7. The van der Waals surface area contributed by atoms with E-state index in [-0.39, 0.29) is 74.0 Å². The Labute approximate surface area is 378 Å². The van der Waals surface area contributed by atoms with Gasteiger partial charge in [0.15, 0.2) is 22.9 Å². The molecule has 0 aliphatic heterocycles. The molecule has 0 saturated heterocycles. The van der Waals surface area contributed by atoms with Gasteiger partial charge in [-0.25, -0.2) is 26.4 Å². The maximum absolute atomic E-state index is 11.3. The van der Waals surface area contributed by atoms with Gasteiger partial charge in [-0.05, 0) is 110 Å². The van der Waals surface area contributed by atoms with Crippen molar-refractivity contribution in [1.29, 1.82) is 0 Å². The summed E-state index contributed by atoms with van der Waals surface area (Å²) in [5.41, 5.74) is 0.0683. The Bertz CT molecular complexity index is 2950. The molecule has 0 aromatic heterocycles. The Morgan fingerprint density at radius 2 is 0.754 bits per heavy atom. The van der Waals surface area contributed by atoms with Crippen molar-refractivity contribution in [2.45, 2.75) is 23.6 Å². The first kappa shape index (κ1) is 49.9. The van der Waals surface area contributed by atoms with Crippen LogP contribution in [0.4, 0.5) is 45.5 Å². The first-order valence-corrected chi connectivity index (χ1v) is 20.5. The monoisotopic (exact) mass is 962 g/mol. The summed E-state index contributed by atoms with van der Waals surface area (Å²) in [4.78, 5) is 21.7. The number of azo groups is 4. The molecule has 25 heteroatoms. The van der Waals surface area contributed by atoms with Crippen LogP contribution in [0.5, 0.6) is 23.0 Å². The normalized spacial score (nSPS) is 11.8. The second-order valence-corrected chi connectivity index (χ2v) is 15.6. The largest absolute Gasteiger partial charge is 0.744 e. The number of aromatic hydroxyl groups is 4. The number of carboxylic acids is 2. The summed E-state index contributed by atoms with van der Waals surface area (Å²) in [5, 5.41) is 90.0. The number of phenolic OH excluding ortho intramolecular Hbond substituents is 4. The molecule has 0 heterocycles. The van der Waals surface area contributed by atoms with E-state index in [1.807, 2.05) is 0 Å². The van der Waals surface area contributed by atoms with Gasteiger partial charge in [0.25, 0.3) is 0 Å². The van der Waals surface area contributed by atoms with Crippen LogP contribution in [-0.2, 0) is 37.6 Å². The molecule has 22 nitrogen and oxygen atoms in total. The van der Waals surface area contributed by atoms with E-state index in [9.17, 15) is 66.2 Å². The minimum absolute atomic E-state index is 0. The number of hydrogen-bond donors (Lipinski definition) is 6. The first-order chi connectivity index (χ1) is 30.1. The fourth-order valence-electron chi connectivity index (χ4n) is 5.17. The number of rotatable bonds is 12. The predicted molar refractivity (Wildman–Crippen MR) is 221 cm³/mol. The number of nitrogens with zero attached hydrogens (tertiary/aromatic N) is 8. The average Bonchev–Trinajstić information content (AvgIpc) is 3.23. The van der Waals surface area contributed by atoms with Crippen LogP contribution in [0.1, 0.15) is 31.8 Å². The van der Waals surface area contributed by atoms with E-state index < -0.39 is 65.0 Å². The molecule has 0 unspecified atom stereocenters. The van der Waals surface area contributed by atoms with Crippen molar-refractivity contribution in [1.82, 2.24) is 0 Å². The van der Waals surface area contributed by atoms with Gasteiger partial charge in [0.05, 0.1) is 32.3 Å². The fourth-order valence-corrected chi connectivity index (χ4v) is 6.28. The van der Waals surface area contributed by atoms with E-state index in [2.05, 4.69) is 40.9 Å². The van der Waals surface area contributed by atoms with Gasteiger partial charge >= 0.3 is 11.9 Å². The SMILES string of the molecule is Cc1cc(S(=O)(=O)[O-])ccc1N=Nc1c(O)ccc(N=Nc2ccccc2C(=O)O)c1O.Cc1cc(S(=O)(=O)[O-])ccc1N=Nc1c(O)ccc(N=Nc2ccccc2C(=O)O)c1O.[Cr]. The van der Waals surface area contributed by atoms with E-state index in [0.717, 1.165) is 24.3 Å². The molecule has 0 atom stereocenters. The van der Waals surface area contributed by atoms with Crippen molar-refractivity contribution >= 4 is 77.7 Å². The number of carbonyl (C=O) groups is 2. The molecule has 0 fully saturated rings. The van der Waals surface area contributed by atoms with Crippen molar-refractivity contribution in [3.05, 3.63) is 131 Å². The number of benzene rings is 6. The fraction of sp³-hybridized carbons (Fsp3) is 0.0500. The molecule has 0 saturated carbocycles.